The van der Waals surface area contributed by atoms with Crippen LogP contribution in [-0.2, 0) is 4.74 Å². The number of alkyl halides is 1. The van der Waals surface area contributed by atoms with Gasteiger partial charge in [0.25, 0.3) is 0 Å². The summed E-state index contributed by atoms with van der Waals surface area (Å²) in [6, 6.07) is -0.672. The van der Waals surface area contributed by atoms with Crippen molar-refractivity contribution in [2.24, 2.45) is 0 Å². The van der Waals surface area contributed by atoms with Crippen LogP contribution in [0.5, 0.6) is 0 Å². The maximum Gasteiger partial charge on any atom is 0.111 e. The first-order valence-corrected chi connectivity index (χ1v) is 3.44. The van der Waals surface area contributed by atoms with Gasteiger partial charge in [-0.1, -0.05) is 0 Å². The molecule has 0 aliphatic carbocycles. The maximum absolute atomic E-state index is 9.13. The number of aliphatic hydroxyl groups is 2. The zero-order valence-electron chi connectivity index (χ0n) is 5.27. The smallest absolute Gasteiger partial charge is 0.111 e. The lowest BCUT2D eigenvalue weighted by atomic mass is 9.95. The molecular weight excluding hydrogens is 154 g/mol. The summed E-state index contributed by atoms with van der Waals surface area (Å²) in [5.41, 5.74) is 0. The summed E-state index contributed by atoms with van der Waals surface area (Å²) < 4.78 is 4.88. The Morgan fingerprint density at radius 2 is 2.20 bits per heavy atom. The minimum absolute atomic E-state index is 0.252. The number of hydrogen-bond acceptors (Lipinski definition) is 3. The Bertz CT molecular complexity index is 123. The quantitative estimate of drug-likeness (QED) is 0.378. The van der Waals surface area contributed by atoms with E-state index >= 15 is 0 Å². The van der Waals surface area contributed by atoms with Gasteiger partial charge in [0.2, 0.25) is 0 Å². The normalized spacial score (nSPS) is 47.9. The van der Waals surface area contributed by atoms with Gasteiger partial charge in [-0.2, -0.15) is 0 Å². The van der Waals surface area contributed by atoms with Gasteiger partial charge in [0.15, 0.2) is 0 Å². The molecule has 2 N–H and O–H groups in total. The SMILES string of the molecule is [B]C1OC(CO)C(O)C1Cl. The Kier molecular flexibility index (Phi) is 2.58. The van der Waals surface area contributed by atoms with Crippen molar-refractivity contribution in [1.82, 2.24) is 0 Å². The highest BCUT2D eigenvalue weighted by Gasteiger charge is 2.38. The third-order valence-electron chi connectivity index (χ3n) is 1.53. The van der Waals surface area contributed by atoms with Gasteiger partial charge in [-0.25, -0.2) is 0 Å². The third kappa shape index (κ3) is 1.30. The van der Waals surface area contributed by atoms with Crippen LogP contribution >= 0.6 is 11.6 Å². The van der Waals surface area contributed by atoms with Crippen LogP contribution in [0.15, 0.2) is 0 Å². The summed E-state index contributed by atoms with van der Waals surface area (Å²) in [6.45, 7) is -0.252. The van der Waals surface area contributed by atoms with Crippen LogP contribution in [0.2, 0.25) is 0 Å². The average molecular weight is 162 g/mol. The molecule has 1 aliphatic rings. The summed E-state index contributed by atoms with van der Waals surface area (Å²) in [5.74, 6) is 0. The molecule has 0 saturated carbocycles. The van der Waals surface area contributed by atoms with E-state index in [0.717, 1.165) is 0 Å². The zero-order chi connectivity index (χ0) is 7.72. The van der Waals surface area contributed by atoms with E-state index < -0.39 is 23.6 Å². The van der Waals surface area contributed by atoms with E-state index in [0.29, 0.717) is 0 Å². The standard InChI is InChI=1S/C5H8BClO3/c6-5-3(7)4(9)2(1-8)10-5/h2-5,8-9H,1H2. The van der Waals surface area contributed by atoms with Crippen LogP contribution in [0.3, 0.4) is 0 Å². The molecule has 1 heterocycles. The molecule has 0 aromatic heterocycles. The lowest BCUT2D eigenvalue weighted by Gasteiger charge is -2.10. The van der Waals surface area contributed by atoms with Crippen LogP contribution < -0.4 is 0 Å². The van der Waals surface area contributed by atoms with E-state index in [2.05, 4.69) is 0 Å². The zero-order valence-corrected chi connectivity index (χ0v) is 6.03. The first-order valence-electron chi connectivity index (χ1n) is 3.01. The fourth-order valence-electron chi connectivity index (χ4n) is 0.908. The monoisotopic (exact) mass is 162 g/mol. The first kappa shape index (κ1) is 8.33. The van der Waals surface area contributed by atoms with Crippen molar-refractivity contribution in [3.05, 3.63) is 0 Å². The number of rotatable bonds is 1. The van der Waals surface area contributed by atoms with Gasteiger partial charge < -0.3 is 14.9 Å². The van der Waals surface area contributed by atoms with Crippen molar-refractivity contribution in [1.29, 1.82) is 0 Å². The van der Waals surface area contributed by atoms with Gasteiger partial charge in [-0.15, -0.1) is 11.6 Å². The molecule has 56 valence electrons. The summed E-state index contributed by atoms with van der Waals surface area (Å²) >= 11 is 5.58. The minimum atomic E-state index is -0.860. The second-order valence-corrected chi connectivity index (χ2v) is 2.76. The molecule has 0 spiro atoms. The predicted molar refractivity (Wildman–Crippen MR) is 37.1 cm³/mol. The molecule has 1 rings (SSSR count). The van der Waals surface area contributed by atoms with Crippen LogP contribution in [-0.4, -0.2) is 48.3 Å². The van der Waals surface area contributed by atoms with Gasteiger partial charge >= 0.3 is 0 Å². The molecule has 4 unspecified atom stereocenters. The van der Waals surface area contributed by atoms with E-state index in [1.165, 1.54) is 0 Å². The van der Waals surface area contributed by atoms with E-state index in [9.17, 15) is 0 Å². The Balaban J connectivity index is 2.53. The van der Waals surface area contributed by atoms with E-state index in [4.69, 9.17) is 34.4 Å². The molecule has 10 heavy (non-hydrogen) atoms. The molecule has 4 atom stereocenters. The number of halogens is 1. The molecule has 1 saturated heterocycles. The number of ether oxygens (including phenoxy) is 1. The molecule has 2 radical (unpaired) electrons. The predicted octanol–water partition coefficient (Wildman–Crippen LogP) is -1.16. The van der Waals surface area contributed by atoms with Crippen molar-refractivity contribution >= 4 is 19.4 Å². The fourth-order valence-corrected chi connectivity index (χ4v) is 1.13. The van der Waals surface area contributed by atoms with Gasteiger partial charge in [-0.05, 0) is 0 Å². The van der Waals surface area contributed by atoms with Crippen LogP contribution in [0.4, 0.5) is 0 Å². The lowest BCUT2D eigenvalue weighted by molar-refractivity contribution is -0.00402. The molecule has 0 bridgehead atoms. The fraction of sp³-hybridized carbons (Fsp3) is 1.00. The average Bonchev–Trinajstić information content (AvgIpc) is 2.17. The van der Waals surface area contributed by atoms with Crippen LogP contribution in [0.25, 0.3) is 0 Å². The maximum atomic E-state index is 9.13. The van der Waals surface area contributed by atoms with Crippen molar-refractivity contribution in [2.75, 3.05) is 6.61 Å². The Labute approximate surface area is 65.4 Å². The topological polar surface area (TPSA) is 49.7 Å². The molecule has 5 heteroatoms. The van der Waals surface area contributed by atoms with Crippen LogP contribution in [0.1, 0.15) is 0 Å². The van der Waals surface area contributed by atoms with Crippen molar-refractivity contribution in [2.45, 2.75) is 23.6 Å². The molecular formula is C5H8BClO3. The number of aliphatic hydroxyl groups excluding tert-OH is 2. The number of hydrogen-bond donors (Lipinski definition) is 2. The molecule has 1 aliphatic heterocycles. The summed E-state index contributed by atoms with van der Waals surface area (Å²) in [5, 5.41) is 17.1. The third-order valence-corrected chi connectivity index (χ3v) is 2.04. The Morgan fingerprint density at radius 3 is 2.40 bits per heavy atom. The van der Waals surface area contributed by atoms with E-state index in [1.54, 1.807) is 0 Å². The Morgan fingerprint density at radius 1 is 1.60 bits per heavy atom. The highest BCUT2D eigenvalue weighted by Crippen LogP contribution is 2.23. The highest BCUT2D eigenvalue weighted by atomic mass is 35.5. The largest absolute Gasteiger partial charge is 0.394 e. The molecule has 0 aromatic carbocycles. The highest BCUT2D eigenvalue weighted by molar-refractivity contribution is 6.27. The summed E-state index contributed by atoms with van der Waals surface area (Å²) in [6.07, 6.45) is -1.49. The molecule has 0 aromatic rings. The van der Waals surface area contributed by atoms with Gasteiger partial charge in [-0.3, -0.25) is 0 Å². The molecule has 3 nitrogen and oxygen atoms in total. The van der Waals surface area contributed by atoms with Crippen molar-refractivity contribution in [3.8, 4) is 0 Å². The second-order valence-electron chi connectivity index (χ2n) is 2.26. The molecule has 0 amide bonds. The minimum Gasteiger partial charge on any atom is -0.394 e. The van der Waals surface area contributed by atoms with Gasteiger partial charge in [0, 0.05) is 6.00 Å². The van der Waals surface area contributed by atoms with E-state index in [-0.39, 0.29) is 6.61 Å². The summed E-state index contributed by atoms with van der Waals surface area (Å²) in [4.78, 5) is 0. The van der Waals surface area contributed by atoms with E-state index in [1.807, 2.05) is 0 Å². The molecule has 1 fully saturated rings. The summed E-state index contributed by atoms with van der Waals surface area (Å²) in [7, 11) is 5.31. The lowest BCUT2D eigenvalue weighted by Crippen LogP contribution is -2.30. The van der Waals surface area contributed by atoms with Crippen molar-refractivity contribution in [3.63, 3.8) is 0 Å². The second kappa shape index (κ2) is 3.09. The first-order chi connectivity index (χ1) is 4.66. The van der Waals surface area contributed by atoms with Gasteiger partial charge in [0.05, 0.1) is 12.0 Å². The Hall–Kier alpha value is 0.235. The van der Waals surface area contributed by atoms with Gasteiger partial charge in [0.1, 0.15) is 20.1 Å². The van der Waals surface area contributed by atoms with Crippen LogP contribution in [0, 0.1) is 0 Å². The van der Waals surface area contributed by atoms with Crippen molar-refractivity contribution < 1.29 is 14.9 Å².